The summed E-state index contributed by atoms with van der Waals surface area (Å²) in [7, 11) is 0. The normalized spacial score (nSPS) is 26.6. The second-order valence-electron chi connectivity index (χ2n) is 4.18. The summed E-state index contributed by atoms with van der Waals surface area (Å²) in [6, 6.07) is 3.88. The summed E-state index contributed by atoms with van der Waals surface area (Å²) in [6.07, 6.45) is 5.30. The van der Waals surface area contributed by atoms with Crippen LogP contribution in [0.5, 0.6) is 0 Å². The molecule has 2 unspecified atom stereocenters. The Balaban J connectivity index is 2.23. The lowest BCUT2D eigenvalue weighted by molar-refractivity contribution is 0.0682. The van der Waals surface area contributed by atoms with Crippen molar-refractivity contribution in [1.82, 2.24) is 4.57 Å². The van der Waals surface area contributed by atoms with Crippen LogP contribution < -0.4 is 0 Å². The SMILES string of the molecule is CC1CCC(n2cccc2C(=O)O)C1. The van der Waals surface area contributed by atoms with Gasteiger partial charge in [-0.3, -0.25) is 0 Å². The molecule has 1 aromatic heterocycles. The van der Waals surface area contributed by atoms with E-state index in [-0.39, 0.29) is 0 Å². The summed E-state index contributed by atoms with van der Waals surface area (Å²) >= 11 is 0. The van der Waals surface area contributed by atoms with Crippen molar-refractivity contribution in [1.29, 1.82) is 0 Å². The average molecular weight is 193 g/mol. The van der Waals surface area contributed by atoms with Gasteiger partial charge in [-0.05, 0) is 37.3 Å². The van der Waals surface area contributed by atoms with Gasteiger partial charge in [0.2, 0.25) is 0 Å². The number of carbonyl (C=O) groups is 1. The van der Waals surface area contributed by atoms with E-state index in [1.807, 2.05) is 16.8 Å². The molecule has 1 heterocycles. The Kier molecular flexibility index (Phi) is 2.32. The molecule has 1 aliphatic carbocycles. The third kappa shape index (κ3) is 1.54. The third-order valence-electron chi connectivity index (χ3n) is 3.06. The molecule has 0 amide bonds. The predicted molar refractivity (Wildman–Crippen MR) is 53.4 cm³/mol. The number of aromatic nitrogens is 1. The molecule has 0 bridgehead atoms. The van der Waals surface area contributed by atoms with E-state index in [1.54, 1.807) is 6.07 Å². The molecule has 1 N–H and O–H groups in total. The fraction of sp³-hybridized carbons (Fsp3) is 0.545. The minimum atomic E-state index is -0.824. The van der Waals surface area contributed by atoms with E-state index in [4.69, 9.17) is 5.11 Å². The van der Waals surface area contributed by atoms with Crippen molar-refractivity contribution in [2.45, 2.75) is 32.2 Å². The Morgan fingerprint density at radius 2 is 2.36 bits per heavy atom. The highest BCUT2D eigenvalue weighted by atomic mass is 16.4. The van der Waals surface area contributed by atoms with Gasteiger partial charge < -0.3 is 9.67 Å². The largest absolute Gasteiger partial charge is 0.477 e. The van der Waals surface area contributed by atoms with Crippen LogP contribution in [0.25, 0.3) is 0 Å². The highest BCUT2D eigenvalue weighted by molar-refractivity contribution is 5.85. The zero-order valence-electron chi connectivity index (χ0n) is 8.31. The lowest BCUT2D eigenvalue weighted by Gasteiger charge is -2.14. The monoisotopic (exact) mass is 193 g/mol. The standard InChI is InChI=1S/C11H15NO2/c1-8-4-5-9(7-8)12-6-2-3-10(12)11(13)14/h2-3,6,8-9H,4-5,7H2,1H3,(H,13,14). The first-order valence-corrected chi connectivity index (χ1v) is 5.08. The molecule has 1 aliphatic rings. The van der Waals surface area contributed by atoms with E-state index in [0.29, 0.717) is 11.7 Å². The van der Waals surface area contributed by atoms with Crippen molar-refractivity contribution in [2.24, 2.45) is 5.92 Å². The molecule has 1 aromatic rings. The fourth-order valence-corrected chi connectivity index (χ4v) is 2.32. The topological polar surface area (TPSA) is 42.2 Å². The lowest BCUT2D eigenvalue weighted by atomic mass is 10.1. The molecule has 3 nitrogen and oxygen atoms in total. The summed E-state index contributed by atoms with van der Waals surface area (Å²) in [5.74, 6) is -0.0985. The number of carboxylic acid groups (broad SMARTS) is 1. The second-order valence-corrected chi connectivity index (χ2v) is 4.18. The van der Waals surface area contributed by atoms with E-state index >= 15 is 0 Å². The van der Waals surface area contributed by atoms with Crippen LogP contribution in [0.15, 0.2) is 18.3 Å². The molecule has 2 atom stereocenters. The summed E-state index contributed by atoms with van der Waals surface area (Å²) < 4.78 is 1.91. The maximum Gasteiger partial charge on any atom is 0.352 e. The number of carboxylic acids is 1. The molecule has 2 rings (SSSR count). The zero-order chi connectivity index (χ0) is 10.1. The molecule has 14 heavy (non-hydrogen) atoms. The van der Waals surface area contributed by atoms with Gasteiger partial charge in [0.15, 0.2) is 0 Å². The summed E-state index contributed by atoms with van der Waals surface area (Å²) in [5.41, 5.74) is 0.420. The van der Waals surface area contributed by atoms with Crippen molar-refractivity contribution in [3.63, 3.8) is 0 Å². The summed E-state index contributed by atoms with van der Waals surface area (Å²) in [4.78, 5) is 10.9. The van der Waals surface area contributed by atoms with Gasteiger partial charge in [-0.25, -0.2) is 4.79 Å². The van der Waals surface area contributed by atoms with Crippen molar-refractivity contribution < 1.29 is 9.90 Å². The van der Waals surface area contributed by atoms with Gasteiger partial charge in [0, 0.05) is 12.2 Å². The smallest absolute Gasteiger partial charge is 0.352 e. The number of hydrogen-bond acceptors (Lipinski definition) is 1. The van der Waals surface area contributed by atoms with Crippen molar-refractivity contribution in [2.75, 3.05) is 0 Å². The average Bonchev–Trinajstić information content (AvgIpc) is 2.70. The van der Waals surface area contributed by atoms with Gasteiger partial charge in [-0.1, -0.05) is 6.92 Å². The molecule has 0 aromatic carbocycles. The lowest BCUT2D eigenvalue weighted by Crippen LogP contribution is -2.11. The zero-order valence-corrected chi connectivity index (χ0v) is 8.31. The first kappa shape index (κ1) is 9.31. The molecule has 0 saturated heterocycles. The first-order valence-electron chi connectivity index (χ1n) is 5.08. The van der Waals surface area contributed by atoms with E-state index < -0.39 is 5.97 Å². The van der Waals surface area contributed by atoms with Crippen LogP contribution in [0.3, 0.4) is 0 Å². The maximum absolute atomic E-state index is 10.9. The predicted octanol–water partition coefficient (Wildman–Crippen LogP) is 2.55. The van der Waals surface area contributed by atoms with Gasteiger partial charge in [0.05, 0.1) is 0 Å². The summed E-state index contributed by atoms with van der Waals surface area (Å²) in [5, 5.41) is 8.96. The molecule has 0 spiro atoms. The molecular formula is C11H15NO2. The molecule has 0 radical (unpaired) electrons. The Labute approximate surface area is 83.4 Å². The Morgan fingerprint density at radius 3 is 2.93 bits per heavy atom. The van der Waals surface area contributed by atoms with E-state index in [9.17, 15) is 4.79 Å². The van der Waals surface area contributed by atoms with E-state index in [2.05, 4.69) is 6.92 Å². The fourth-order valence-electron chi connectivity index (χ4n) is 2.32. The highest BCUT2D eigenvalue weighted by Crippen LogP contribution is 2.34. The van der Waals surface area contributed by atoms with Gasteiger partial charge in [0.1, 0.15) is 5.69 Å². The molecule has 3 heteroatoms. The van der Waals surface area contributed by atoms with Crippen LogP contribution in [-0.2, 0) is 0 Å². The van der Waals surface area contributed by atoms with Crippen molar-refractivity contribution in [3.8, 4) is 0 Å². The van der Waals surface area contributed by atoms with Crippen LogP contribution >= 0.6 is 0 Å². The molecule has 0 aliphatic heterocycles. The first-order chi connectivity index (χ1) is 6.68. The molecule has 1 fully saturated rings. The second kappa shape index (κ2) is 3.48. The van der Waals surface area contributed by atoms with Gasteiger partial charge in [-0.2, -0.15) is 0 Å². The minimum Gasteiger partial charge on any atom is -0.477 e. The number of nitrogens with zero attached hydrogens (tertiary/aromatic N) is 1. The minimum absolute atomic E-state index is 0.395. The van der Waals surface area contributed by atoms with Crippen LogP contribution in [0, 0.1) is 5.92 Å². The quantitative estimate of drug-likeness (QED) is 0.784. The van der Waals surface area contributed by atoms with Gasteiger partial charge in [0.25, 0.3) is 0 Å². The Morgan fingerprint density at radius 1 is 1.57 bits per heavy atom. The Hall–Kier alpha value is -1.25. The number of hydrogen-bond donors (Lipinski definition) is 1. The third-order valence-corrected chi connectivity index (χ3v) is 3.06. The summed E-state index contributed by atoms with van der Waals surface area (Å²) in [6.45, 7) is 2.23. The van der Waals surface area contributed by atoms with Gasteiger partial charge >= 0.3 is 5.97 Å². The number of aromatic carboxylic acids is 1. The maximum atomic E-state index is 10.9. The van der Waals surface area contributed by atoms with Crippen LogP contribution in [0.4, 0.5) is 0 Å². The van der Waals surface area contributed by atoms with Crippen molar-refractivity contribution in [3.05, 3.63) is 24.0 Å². The van der Waals surface area contributed by atoms with Crippen LogP contribution in [0.1, 0.15) is 42.7 Å². The Bertz CT molecular complexity index is 343. The van der Waals surface area contributed by atoms with E-state index in [1.165, 1.54) is 6.42 Å². The van der Waals surface area contributed by atoms with Gasteiger partial charge in [-0.15, -0.1) is 0 Å². The highest BCUT2D eigenvalue weighted by Gasteiger charge is 2.24. The number of rotatable bonds is 2. The molecular weight excluding hydrogens is 178 g/mol. The van der Waals surface area contributed by atoms with E-state index in [0.717, 1.165) is 18.8 Å². The molecule has 1 saturated carbocycles. The van der Waals surface area contributed by atoms with Crippen LogP contribution in [0.2, 0.25) is 0 Å². The van der Waals surface area contributed by atoms with Crippen LogP contribution in [-0.4, -0.2) is 15.6 Å². The van der Waals surface area contributed by atoms with Crippen molar-refractivity contribution >= 4 is 5.97 Å². The molecule has 76 valence electrons.